The first-order chi connectivity index (χ1) is 15.1. The quantitative estimate of drug-likeness (QED) is 0.676. The molecule has 2 aromatic rings. The molecule has 1 heterocycles. The Bertz CT molecular complexity index is 1000. The van der Waals surface area contributed by atoms with Crippen molar-refractivity contribution in [2.75, 3.05) is 33.3 Å². The van der Waals surface area contributed by atoms with Gasteiger partial charge in [-0.3, -0.25) is 9.69 Å². The topological polar surface area (TPSA) is 41.6 Å². The van der Waals surface area contributed by atoms with Crippen LogP contribution in [0.15, 0.2) is 60.7 Å². The van der Waals surface area contributed by atoms with E-state index in [-0.39, 0.29) is 11.3 Å². The number of piperazine rings is 1. The second-order valence-electron chi connectivity index (χ2n) is 8.42. The molecule has 1 atom stereocenters. The molecule has 0 amide bonds. The molecule has 2 aliphatic rings. The summed E-state index contributed by atoms with van der Waals surface area (Å²) in [6.07, 6.45) is 9.04. The highest BCUT2D eigenvalue weighted by Gasteiger charge is 2.34. The van der Waals surface area contributed by atoms with Crippen LogP contribution in [-0.4, -0.2) is 49.5 Å². The predicted molar refractivity (Wildman–Crippen MR) is 128 cm³/mol. The first kappa shape index (κ1) is 21.5. The van der Waals surface area contributed by atoms with E-state index in [9.17, 15) is 4.79 Å². The van der Waals surface area contributed by atoms with Gasteiger partial charge in [-0.15, -0.1) is 0 Å². The van der Waals surface area contributed by atoms with Crippen LogP contribution in [0.5, 0.6) is 5.75 Å². The minimum atomic E-state index is 0.0139. The Kier molecular flexibility index (Phi) is 6.40. The number of Topliss-reactive ketones (excluding diaryl/α,β-unsaturated/α-hetero) is 1. The highest BCUT2D eigenvalue weighted by molar-refractivity contribution is 6.01. The Hall–Kier alpha value is -2.69. The number of nitrogens with zero attached hydrogens (tertiary/aromatic N) is 1. The van der Waals surface area contributed by atoms with Crippen LogP contribution in [0.3, 0.4) is 0 Å². The summed E-state index contributed by atoms with van der Waals surface area (Å²) in [5, 5.41) is 3.45. The van der Waals surface area contributed by atoms with Gasteiger partial charge in [0, 0.05) is 37.3 Å². The van der Waals surface area contributed by atoms with E-state index < -0.39 is 0 Å². The van der Waals surface area contributed by atoms with E-state index in [4.69, 9.17) is 4.74 Å². The summed E-state index contributed by atoms with van der Waals surface area (Å²) in [5.74, 6) is 0.659. The number of carbonyl (C=O) groups excluding carboxylic acids is 1. The third kappa shape index (κ3) is 4.23. The first-order valence-electron chi connectivity index (χ1n) is 11.2. The summed E-state index contributed by atoms with van der Waals surface area (Å²) in [7, 11) is 1.64. The molecular weight excluding hydrogens is 384 g/mol. The van der Waals surface area contributed by atoms with Crippen LogP contribution in [-0.2, 0) is 0 Å². The van der Waals surface area contributed by atoms with Crippen molar-refractivity contribution < 1.29 is 9.53 Å². The van der Waals surface area contributed by atoms with Crippen LogP contribution in [0.25, 0.3) is 16.7 Å². The molecule has 1 fully saturated rings. The van der Waals surface area contributed by atoms with E-state index in [1.807, 2.05) is 24.3 Å². The van der Waals surface area contributed by atoms with Gasteiger partial charge in [0.25, 0.3) is 0 Å². The third-order valence-corrected chi connectivity index (χ3v) is 6.70. The van der Waals surface area contributed by atoms with Crippen LogP contribution >= 0.6 is 0 Å². The molecule has 0 saturated carbocycles. The maximum atomic E-state index is 12.5. The van der Waals surface area contributed by atoms with Crippen molar-refractivity contribution in [3.05, 3.63) is 71.8 Å². The number of carbonyl (C=O) groups is 1. The van der Waals surface area contributed by atoms with Crippen molar-refractivity contribution in [2.45, 2.75) is 32.2 Å². The number of benzene rings is 2. The van der Waals surface area contributed by atoms with E-state index in [0.29, 0.717) is 11.3 Å². The lowest BCUT2D eigenvalue weighted by atomic mass is 9.82. The average molecular weight is 417 g/mol. The lowest BCUT2D eigenvalue weighted by Crippen LogP contribution is -2.55. The number of ketones is 1. The minimum absolute atomic E-state index is 0.0139. The van der Waals surface area contributed by atoms with Crippen molar-refractivity contribution in [1.82, 2.24) is 10.2 Å². The molecule has 0 bridgehead atoms. The fraction of sp³-hybridized carbons (Fsp3) is 0.370. The van der Waals surface area contributed by atoms with Crippen LogP contribution < -0.4 is 10.1 Å². The molecular formula is C27H32N2O2. The SMILES string of the molecule is CCC1(N2CCNCC2)C=CC(c2cc(C(C)=O)c(OC)c(-c3ccccc3)c2)=CC1. The van der Waals surface area contributed by atoms with Gasteiger partial charge in [0.15, 0.2) is 5.78 Å². The molecule has 31 heavy (non-hydrogen) atoms. The Labute approximate surface area is 185 Å². The van der Waals surface area contributed by atoms with Crippen LogP contribution in [0.2, 0.25) is 0 Å². The molecule has 1 saturated heterocycles. The van der Waals surface area contributed by atoms with Gasteiger partial charge in [0.2, 0.25) is 0 Å². The van der Waals surface area contributed by atoms with Gasteiger partial charge >= 0.3 is 0 Å². The van der Waals surface area contributed by atoms with Gasteiger partial charge in [-0.1, -0.05) is 55.5 Å². The number of methoxy groups -OCH3 is 1. The maximum absolute atomic E-state index is 12.5. The Morgan fingerprint density at radius 2 is 1.87 bits per heavy atom. The van der Waals surface area contributed by atoms with Gasteiger partial charge in [-0.25, -0.2) is 0 Å². The van der Waals surface area contributed by atoms with Gasteiger partial charge in [0.05, 0.1) is 12.7 Å². The monoisotopic (exact) mass is 416 g/mol. The van der Waals surface area contributed by atoms with Crippen molar-refractivity contribution in [3.8, 4) is 16.9 Å². The molecule has 1 aliphatic heterocycles. The number of allylic oxidation sites excluding steroid dienone is 2. The number of hydrogen-bond donors (Lipinski definition) is 1. The van der Waals surface area contributed by atoms with Gasteiger partial charge in [0.1, 0.15) is 5.75 Å². The zero-order valence-corrected chi connectivity index (χ0v) is 18.8. The molecule has 2 aromatic carbocycles. The molecule has 0 aromatic heterocycles. The van der Waals surface area contributed by atoms with Gasteiger partial charge in [-0.2, -0.15) is 0 Å². The normalized spacial score (nSPS) is 21.6. The summed E-state index contributed by atoms with van der Waals surface area (Å²) in [5.41, 5.74) is 4.95. The number of nitrogens with one attached hydrogen (secondary N) is 1. The molecule has 162 valence electrons. The number of ether oxygens (including phenoxy) is 1. The van der Waals surface area contributed by atoms with E-state index in [1.54, 1.807) is 14.0 Å². The zero-order valence-electron chi connectivity index (χ0n) is 18.8. The minimum Gasteiger partial charge on any atom is -0.495 e. The Morgan fingerprint density at radius 1 is 1.13 bits per heavy atom. The fourth-order valence-corrected chi connectivity index (χ4v) is 4.82. The van der Waals surface area contributed by atoms with Gasteiger partial charge < -0.3 is 10.1 Å². The van der Waals surface area contributed by atoms with Crippen LogP contribution in [0, 0.1) is 0 Å². The first-order valence-corrected chi connectivity index (χ1v) is 11.2. The standard InChI is InChI=1S/C27H32N2O2/c1-4-27(29-16-14-28-15-17-29)12-10-21(11-13-27)23-18-24(20(2)30)26(31-3)25(19-23)22-8-6-5-7-9-22/h5-12,18-19,28H,4,13-17H2,1-3H3. The largest absolute Gasteiger partial charge is 0.495 e. The molecule has 1 unspecified atom stereocenters. The summed E-state index contributed by atoms with van der Waals surface area (Å²) < 4.78 is 5.69. The Balaban J connectivity index is 1.73. The van der Waals surface area contributed by atoms with Crippen molar-refractivity contribution in [1.29, 1.82) is 0 Å². The smallest absolute Gasteiger partial charge is 0.163 e. The van der Waals surface area contributed by atoms with Crippen LogP contribution in [0.4, 0.5) is 0 Å². The van der Waals surface area contributed by atoms with E-state index in [0.717, 1.165) is 55.7 Å². The molecule has 4 rings (SSSR count). The number of rotatable bonds is 6. The zero-order chi connectivity index (χ0) is 21.8. The van der Waals surface area contributed by atoms with Crippen molar-refractivity contribution in [2.24, 2.45) is 0 Å². The molecule has 1 N–H and O–H groups in total. The molecule has 4 heteroatoms. The average Bonchev–Trinajstić information content (AvgIpc) is 2.84. The molecule has 4 nitrogen and oxygen atoms in total. The molecule has 0 radical (unpaired) electrons. The lowest BCUT2D eigenvalue weighted by Gasteiger charge is -2.44. The summed E-state index contributed by atoms with van der Waals surface area (Å²) in [6.45, 7) is 8.14. The Morgan fingerprint density at radius 3 is 2.45 bits per heavy atom. The summed E-state index contributed by atoms with van der Waals surface area (Å²) >= 11 is 0. The lowest BCUT2D eigenvalue weighted by molar-refractivity contribution is 0.101. The van der Waals surface area contributed by atoms with Crippen LogP contribution in [0.1, 0.15) is 42.6 Å². The van der Waals surface area contributed by atoms with E-state index in [1.165, 1.54) is 5.57 Å². The van der Waals surface area contributed by atoms with Crippen molar-refractivity contribution in [3.63, 3.8) is 0 Å². The van der Waals surface area contributed by atoms with E-state index >= 15 is 0 Å². The fourth-order valence-electron chi connectivity index (χ4n) is 4.82. The highest BCUT2D eigenvalue weighted by atomic mass is 16.5. The maximum Gasteiger partial charge on any atom is 0.163 e. The molecule has 0 spiro atoms. The second kappa shape index (κ2) is 9.21. The van der Waals surface area contributed by atoms with Gasteiger partial charge in [-0.05, 0) is 48.6 Å². The van der Waals surface area contributed by atoms with Crippen molar-refractivity contribution >= 4 is 11.4 Å². The van der Waals surface area contributed by atoms with E-state index in [2.05, 4.69) is 53.6 Å². The predicted octanol–water partition coefficient (Wildman–Crippen LogP) is 4.96. The summed E-state index contributed by atoms with van der Waals surface area (Å²) in [6, 6.07) is 14.3. The summed E-state index contributed by atoms with van der Waals surface area (Å²) in [4.78, 5) is 15.1. The molecule has 1 aliphatic carbocycles. The number of hydrogen-bond acceptors (Lipinski definition) is 4. The highest BCUT2D eigenvalue weighted by Crippen LogP contribution is 2.39. The third-order valence-electron chi connectivity index (χ3n) is 6.70. The second-order valence-corrected chi connectivity index (χ2v) is 8.42.